The number of ketones is 1. The molecular formula is C15H14N2O3. The molecule has 0 saturated carbocycles. The summed E-state index contributed by atoms with van der Waals surface area (Å²) >= 11 is 0. The van der Waals surface area contributed by atoms with Gasteiger partial charge in [0.1, 0.15) is 0 Å². The largest absolute Gasteiger partial charge is 0.293 e. The van der Waals surface area contributed by atoms with Crippen LogP contribution in [0.5, 0.6) is 0 Å². The third-order valence-electron chi connectivity index (χ3n) is 3.10. The van der Waals surface area contributed by atoms with Crippen molar-refractivity contribution in [3.05, 3.63) is 69.0 Å². The summed E-state index contributed by atoms with van der Waals surface area (Å²) in [5, 5.41) is 11.0. The predicted molar refractivity (Wildman–Crippen MR) is 74.8 cm³/mol. The van der Waals surface area contributed by atoms with E-state index in [2.05, 4.69) is 4.98 Å². The van der Waals surface area contributed by atoms with E-state index in [9.17, 15) is 14.9 Å². The summed E-state index contributed by atoms with van der Waals surface area (Å²) < 4.78 is 0. The molecule has 2 aromatic rings. The van der Waals surface area contributed by atoms with E-state index in [0.717, 1.165) is 11.1 Å². The van der Waals surface area contributed by atoms with Gasteiger partial charge in [-0.25, -0.2) is 0 Å². The van der Waals surface area contributed by atoms with Crippen molar-refractivity contribution in [2.75, 3.05) is 0 Å². The van der Waals surface area contributed by atoms with Crippen LogP contribution in [0.3, 0.4) is 0 Å². The highest BCUT2D eigenvalue weighted by molar-refractivity contribution is 6.01. The molecule has 0 saturated heterocycles. The minimum atomic E-state index is -0.530. The first kappa shape index (κ1) is 13.9. The van der Waals surface area contributed by atoms with Gasteiger partial charge in [-0.1, -0.05) is 12.1 Å². The van der Waals surface area contributed by atoms with Crippen molar-refractivity contribution in [1.82, 2.24) is 4.98 Å². The number of pyridine rings is 1. The standard InChI is InChI=1S/C15H14N2O3/c1-10-5-6-14(17(19)20)12(8-10)15(18)9-13-11(2)4-3-7-16-13/h3-8H,9H2,1-2H3. The topological polar surface area (TPSA) is 73.1 Å². The van der Waals surface area contributed by atoms with Gasteiger partial charge in [0.15, 0.2) is 5.78 Å². The van der Waals surface area contributed by atoms with E-state index in [1.807, 2.05) is 13.0 Å². The van der Waals surface area contributed by atoms with Gasteiger partial charge >= 0.3 is 0 Å². The van der Waals surface area contributed by atoms with Crippen LogP contribution in [0.1, 0.15) is 27.2 Å². The van der Waals surface area contributed by atoms with Crippen molar-refractivity contribution in [2.45, 2.75) is 20.3 Å². The van der Waals surface area contributed by atoms with Gasteiger partial charge in [-0.15, -0.1) is 0 Å². The smallest absolute Gasteiger partial charge is 0.280 e. The van der Waals surface area contributed by atoms with Crippen molar-refractivity contribution in [3.63, 3.8) is 0 Å². The molecule has 0 amide bonds. The summed E-state index contributed by atoms with van der Waals surface area (Å²) in [6.45, 7) is 3.66. The SMILES string of the molecule is Cc1ccc([N+](=O)[O-])c(C(=O)Cc2ncccc2C)c1. The molecule has 1 heterocycles. The Labute approximate surface area is 116 Å². The van der Waals surface area contributed by atoms with Gasteiger partial charge in [-0.05, 0) is 37.1 Å². The highest BCUT2D eigenvalue weighted by Crippen LogP contribution is 2.22. The summed E-state index contributed by atoms with van der Waals surface area (Å²) in [5.74, 6) is -0.290. The van der Waals surface area contributed by atoms with E-state index < -0.39 is 4.92 Å². The van der Waals surface area contributed by atoms with Crippen LogP contribution < -0.4 is 0 Å². The van der Waals surface area contributed by atoms with Crippen molar-refractivity contribution in [2.24, 2.45) is 0 Å². The fourth-order valence-corrected chi connectivity index (χ4v) is 1.98. The second-order valence-corrected chi connectivity index (χ2v) is 4.64. The Kier molecular flexibility index (Phi) is 3.89. The van der Waals surface area contributed by atoms with Gasteiger partial charge < -0.3 is 0 Å². The second-order valence-electron chi connectivity index (χ2n) is 4.64. The molecular weight excluding hydrogens is 256 g/mol. The Morgan fingerprint density at radius 1 is 1.30 bits per heavy atom. The van der Waals surface area contributed by atoms with E-state index in [-0.39, 0.29) is 23.5 Å². The number of nitro benzene ring substituents is 1. The Morgan fingerprint density at radius 2 is 2.05 bits per heavy atom. The number of carbonyl (C=O) groups excluding carboxylic acids is 1. The first-order chi connectivity index (χ1) is 9.49. The molecule has 0 atom stereocenters. The van der Waals surface area contributed by atoms with Crippen LogP contribution in [0.4, 0.5) is 5.69 Å². The molecule has 0 bridgehead atoms. The molecule has 0 aliphatic carbocycles. The lowest BCUT2D eigenvalue weighted by Gasteiger charge is -2.05. The molecule has 20 heavy (non-hydrogen) atoms. The molecule has 2 rings (SSSR count). The van der Waals surface area contributed by atoms with Gasteiger partial charge in [-0.3, -0.25) is 19.9 Å². The Morgan fingerprint density at radius 3 is 2.70 bits per heavy atom. The second kappa shape index (κ2) is 5.61. The predicted octanol–water partition coefficient (Wildman–Crippen LogP) is 3.03. The Hall–Kier alpha value is -2.56. The van der Waals surface area contributed by atoms with E-state index in [1.54, 1.807) is 31.3 Å². The molecule has 0 fully saturated rings. The molecule has 1 aromatic carbocycles. The zero-order valence-corrected chi connectivity index (χ0v) is 11.3. The third-order valence-corrected chi connectivity index (χ3v) is 3.10. The van der Waals surface area contributed by atoms with Crippen LogP contribution in [-0.4, -0.2) is 15.7 Å². The van der Waals surface area contributed by atoms with E-state index in [0.29, 0.717) is 5.69 Å². The van der Waals surface area contributed by atoms with Gasteiger partial charge in [0.05, 0.1) is 22.6 Å². The summed E-state index contributed by atoms with van der Waals surface area (Å²) in [5.41, 5.74) is 2.34. The molecule has 0 radical (unpaired) electrons. The van der Waals surface area contributed by atoms with Crippen LogP contribution >= 0.6 is 0 Å². The van der Waals surface area contributed by atoms with Crippen molar-refractivity contribution < 1.29 is 9.72 Å². The van der Waals surface area contributed by atoms with Gasteiger partial charge in [-0.2, -0.15) is 0 Å². The number of hydrogen-bond acceptors (Lipinski definition) is 4. The highest BCUT2D eigenvalue weighted by atomic mass is 16.6. The average molecular weight is 270 g/mol. The number of Topliss-reactive ketones (excluding diaryl/α,β-unsaturated/α-hetero) is 1. The molecule has 0 N–H and O–H groups in total. The first-order valence-corrected chi connectivity index (χ1v) is 6.18. The van der Waals surface area contributed by atoms with Crippen molar-refractivity contribution >= 4 is 11.5 Å². The maximum absolute atomic E-state index is 12.3. The molecule has 0 unspecified atom stereocenters. The number of nitrogens with zero attached hydrogens (tertiary/aromatic N) is 2. The molecule has 5 nitrogen and oxygen atoms in total. The monoisotopic (exact) mass is 270 g/mol. The number of aryl methyl sites for hydroxylation is 2. The van der Waals surface area contributed by atoms with Crippen LogP contribution in [0, 0.1) is 24.0 Å². The maximum Gasteiger partial charge on any atom is 0.280 e. The minimum absolute atomic E-state index is 0.0664. The number of hydrogen-bond donors (Lipinski definition) is 0. The van der Waals surface area contributed by atoms with E-state index >= 15 is 0 Å². The molecule has 1 aromatic heterocycles. The number of nitro groups is 1. The summed E-state index contributed by atoms with van der Waals surface area (Å²) in [6.07, 6.45) is 1.68. The van der Waals surface area contributed by atoms with Crippen molar-refractivity contribution in [1.29, 1.82) is 0 Å². The van der Waals surface area contributed by atoms with Crippen LogP contribution in [0.15, 0.2) is 36.5 Å². The van der Waals surface area contributed by atoms with Gasteiger partial charge in [0.2, 0.25) is 0 Å². The minimum Gasteiger partial charge on any atom is -0.293 e. The highest BCUT2D eigenvalue weighted by Gasteiger charge is 2.20. The summed E-state index contributed by atoms with van der Waals surface area (Å²) in [6, 6.07) is 8.20. The van der Waals surface area contributed by atoms with Crippen LogP contribution in [0.25, 0.3) is 0 Å². The lowest BCUT2D eigenvalue weighted by Crippen LogP contribution is -2.09. The average Bonchev–Trinajstić information content (AvgIpc) is 2.40. The Bertz CT molecular complexity index is 681. The number of rotatable bonds is 4. The third kappa shape index (κ3) is 2.88. The van der Waals surface area contributed by atoms with Gasteiger partial charge in [0, 0.05) is 12.3 Å². The molecule has 0 spiro atoms. The fourth-order valence-electron chi connectivity index (χ4n) is 1.98. The molecule has 102 valence electrons. The van der Waals surface area contributed by atoms with Crippen LogP contribution in [0.2, 0.25) is 0 Å². The fraction of sp³-hybridized carbons (Fsp3) is 0.200. The Balaban J connectivity index is 2.37. The van der Waals surface area contributed by atoms with Crippen LogP contribution in [-0.2, 0) is 6.42 Å². The number of aromatic nitrogens is 1. The van der Waals surface area contributed by atoms with Gasteiger partial charge in [0.25, 0.3) is 5.69 Å². The van der Waals surface area contributed by atoms with E-state index in [1.165, 1.54) is 6.07 Å². The maximum atomic E-state index is 12.3. The normalized spacial score (nSPS) is 10.3. The molecule has 5 heteroatoms. The molecule has 0 aliphatic heterocycles. The summed E-state index contributed by atoms with van der Waals surface area (Å²) in [7, 11) is 0. The van der Waals surface area contributed by atoms with E-state index in [4.69, 9.17) is 0 Å². The molecule has 0 aliphatic rings. The van der Waals surface area contributed by atoms with Crippen molar-refractivity contribution in [3.8, 4) is 0 Å². The number of benzene rings is 1. The zero-order chi connectivity index (χ0) is 14.7. The lowest BCUT2D eigenvalue weighted by molar-refractivity contribution is -0.385. The first-order valence-electron chi connectivity index (χ1n) is 6.18. The number of carbonyl (C=O) groups is 1. The quantitative estimate of drug-likeness (QED) is 0.486. The lowest BCUT2D eigenvalue weighted by atomic mass is 10.0. The zero-order valence-electron chi connectivity index (χ0n) is 11.3. The summed E-state index contributed by atoms with van der Waals surface area (Å²) in [4.78, 5) is 26.9.